The van der Waals surface area contributed by atoms with Crippen molar-refractivity contribution in [3.05, 3.63) is 0 Å². The van der Waals surface area contributed by atoms with Gasteiger partial charge in [-0.1, -0.05) is 0 Å². The van der Waals surface area contributed by atoms with E-state index in [1.165, 1.54) is 14.2 Å². The van der Waals surface area contributed by atoms with Crippen molar-refractivity contribution in [2.24, 2.45) is 0 Å². The number of hydrogen-bond acceptors (Lipinski definition) is 4. The van der Waals surface area contributed by atoms with E-state index in [4.69, 9.17) is 5.26 Å². The lowest BCUT2D eigenvalue weighted by molar-refractivity contribution is -0.293. The van der Waals surface area contributed by atoms with Crippen LogP contribution in [0.1, 0.15) is 0 Å². The summed E-state index contributed by atoms with van der Waals surface area (Å²) in [6.07, 6.45) is -0.375. The molecule has 0 aromatic carbocycles. The van der Waals surface area contributed by atoms with E-state index in [2.05, 4.69) is 14.4 Å². The minimum absolute atomic E-state index is 0.338. The zero-order valence-electron chi connectivity index (χ0n) is 5.66. The van der Waals surface area contributed by atoms with Gasteiger partial charge in [-0.05, 0) is 0 Å². The predicted octanol–water partition coefficient (Wildman–Crippen LogP) is 0.137. The maximum atomic E-state index is 8.13. The van der Waals surface area contributed by atoms with Gasteiger partial charge in [-0.3, -0.25) is 5.26 Å². The summed E-state index contributed by atoms with van der Waals surface area (Å²) in [5.74, 6) is 0. The molecule has 0 unspecified atom stereocenters. The second kappa shape index (κ2) is 5.97. The molecule has 0 aliphatic heterocycles. The normalized spacial score (nSPS) is 10.7. The molecular formula is C5H12O4. The molecule has 4 heteroatoms. The van der Waals surface area contributed by atoms with Crippen LogP contribution in [0.4, 0.5) is 0 Å². The summed E-state index contributed by atoms with van der Waals surface area (Å²) in [4.78, 5) is 3.98. The van der Waals surface area contributed by atoms with Gasteiger partial charge in [-0.25, -0.2) is 4.89 Å². The maximum absolute atomic E-state index is 8.13. The molecule has 0 rings (SSSR count). The third-order valence-electron chi connectivity index (χ3n) is 0.854. The molecule has 0 heterocycles. The zero-order valence-corrected chi connectivity index (χ0v) is 5.66. The van der Waals surface area contributed by atoms with Crippen molar-refractivity contribution in [3.8, 4) is 0 Å². The molecule has 0 aromatic heterocycles. The van der Waals surface area contributed by atoms with Crippen LogP contribution in [-0.2, 0) is 14.4 Å². The first-order chi connectivity index (χ1) is 4.35. The van der Waals surface area contributed by atoms with Crippen molar-refractivity contribution >= 4 is 0 Å². The highest BCUT2D eigenvalue weighted by atomic mass is 17.1. The summed E-state index contributed by atoms with van der Waals surface area (Å²) in [5, 5.41) is 8.13. The Balaban J connectivity index is 3.18. The summed E-state index contributed by atoms with van der Waals surface area (Å²) in [6, 6.07) is 0. The lowest BCUT2D eigenvalue weighted by atomic mass is 10.4. The first-order valence-corrected chi connectivity index (χ1v) is 2.63. The molecule has 4 nitrogen and oxygen atoms in total. The Morgan fingerprint density at radius 1 is 1.22 bits per heavy atom. The average molecular weight is 136 g/mol. The van der Waals surface area contributed by atoms with E-state index in [0.717, 1.165) is 0 Å². The molecule has 0 bridgehead atoms. The van der Waals surface area contributed by atoms with Crippen LogP contribution in [0.5, 0.6) is 0 Å². The summed E-state index contributed by atoms with van der Waals surface area (Å²) < 4.78 is 9.36. The van der Waals surface area contributed by atoms with Gasteiger partial charge in [0, 0.05) is 14.2 Å². The number of hydrogen-bond donors (Lipinski definition) is 1. The van der Waals surface area contributed by atoms with Crippen LogP contribution in [0.2, 0.25) is 0 Å². The number of rotatable bonds is 5. The van der Waals surface area contributed by atoms with E-state index in [0.29, 0.717) is 13.2 Å². The lowest BCUT2D eigenvalue weighted by Gasteiger charge is -2.09. The van der Waals surface area contributed by atoms with E-state index in [-0.39, 0.29) is 6.10 Å². The van der Waals surface area contributed by atoms with E-state index in [1.807, 2.05) is 0 Å². The molecule has 0 spiro atoms. The predicted molar refractivity (Wildman–Crippen MR) is 31.3 cm³/mol. The summed E-state index contributed by atoms with van der Waals surface area (Å²) in [6.45, 7) is 0.675. The van der Waals surface area contributed by atoms with E-state index in [9.17, 15) is 0 Å². The SMILES string of the molecule is COCC(COC)OO. The van der Waals surface area contributed by atoms with Crippen LogP contribution in [-0.4, -0.2) is 38.8 Å². The Morgan fingerprint density at radius 3 is 1.89 bits per heavy atom. The first kappa shape index (κ1) is 8.84. The molecule has 9 heavy (non-hydrogen) atoms. The average Bonchev–Trinajstić information content (AvgIpc) is 1.88. The van der Waals surface area contributed by atoms with Crippen molar-refractivity contribution in [1.29, 1.82) is 0 Å². The fraction of sp³-hybridized carbons (Fsp3) is 1.00. The molecular weight excluding hydrogens is 124 g/mol. The highest BCUT2D eigenvalue weighted by Crippen LogP contribution is 1.89. The quantitative estimate of drug-likeness (QED) is 0.431. The first-order valence-electron chi connectivity index (χ1n) is 2.63. The van der Waals surface area contributed by atoms with Gasteiger partial charge < -0.3 is 9.47 Å². The zero-order chi connectivity index (χ0) is 7.11. The molecule has 1 N–H and O–H groups in total. The number of methoxy groups -OCH3 is 2. The van der Waals surface area contributed by atoms with Crippen LogP contribution in [0.3, 0.4) is 0 Å². The van der Waals surface area contributed by atoms with Crippen molar-refractivity contribution in [1.82, 2.24) is 0 Å². The van der Waals surface area contributed by atoms with Gasteiger partial charge in [0.25, 0.3) is 0 Å². The monoisotopic (exact) mass is 136 g/mol. The maximum Gasteiger partial charge on any atom is 0.139 e. The Kier molecular flexibility index (Phi) is 5.86. The fourth-order valence-corrected chi connectivity index (χ4v) is 0.481. The van der Waals surface area contributed by atoms with Crippen molar-refractivity contribution in [2.45, 2.75) is 6.10 Å². The van der Waals surface area contributed by atoms with Gasteiger partial charge >= 0.3 is 0 Å². The largest absolute Gasteiger partial charge is 0.382 e. The van der Waals surface area contributed by atoms with Crippen molar-refractivity contribution in [2.75, 3.05) is 27.4 Å². The molecule has 0 fully saturated rings. The summed E-state index contributed by atoms with van der Waals surface area (Å²) >= 11 is 0. The van der Waals surface area contributed by atoms with Crippen LogP contribution in [0.25, 0.3) is 0 Å². The molecule has 0 saturated heterocycles. The van der Waals surface area contributed by atoms with E-state index in [1.54, 1.807) is 0 Å². The third-order valence-corrected chi connectivity index (χ3v) is 0.854. The molecule has 0 saturated carbocycles. The smallest absolute Gasteiger partial charge is 0.139 e. The second-order valence-electron chi connectivity index (χ2n) is 1.64. The topological polar surface area (TPSA) is 47.9 Å². The van der Waals surface area contributed by atoms with Gasteiger partial charge in [-0.15, -0.1) is 0 Å². The Hall–Kier alpha value is -0.160. The van der Waals surface area contributed by atoms with Crippen LogP contribution >= 0.6 is 0 Å². The Labute approximate surface area is 54.3 Å². The summed E-state index contributed by atoms with van der Waals surface area (Å²) in [5.41, 5.74) is 0. The standard InChI is InChI=1S/C5H12O4/c1-7-3-5(9-6)4-8-2/h5-6H,3-4H2,1-2H3. The van der Waals surface area contributed by atoms with Crippen molar-refractivity contribution in [3.63, 3.8) is 0 Å². The Morgan fingerprint density at radius 2 is 1.67 bits per heavy atom. The molecule has 0 aromatic rings. The van der Waals surface area contributed by atoms with E-state index < -0.39 is 0 Å². The van der Waals surface area contributed by atoms with Gasteiger partial charge in [0.2, 0.25) is 0 Å². The minimum atomic E-state index is -0.375. The molecule has 0 radical (unpaired) electrons. The Bertz CT molecular complexity index is 50.9. The van der Waals surface area contributed by atoms with Gasteiger partial charge in [-0.2, -0.15) is 0 Å². The fourth-order valence-electron chi connectivity index (χ4n) is 0.481. The molecule has 0 aliphatic rings. The highest BCUT2D eigenvalue weighted by molar-refractivity contribution is 4.50. The van der Waals surface area contributed by atoms with Crippen molar-refractivity contribution < 1.29 is 19.6 Å². The van der Waals surface area contributed by atoms with Gasteiger partial charge in [0.05, 0.1) is 13.2 Å². The lowest BCUT2D eigenvalue weighted by Crippen LogP contribution is -2.22. The third kappa shape index (κ3) is 4.35. The van der Waals surface area contributed by atoms with Gasteiger partial charge in [0.15, 0.2) is 0 Å². The van der Waals surface area contributed by atoms with Gasteiger partial charge in [0.1, 0.15) is 6.10 Å². The second-order valence-corrected chi connectivity index (χ2v) is 1.64. The minimum Gasteiger partial charge on any atom is -0.382 e. The highest BCUT2D eigenvalue weighted by Gasteiger charge is 2.06. The summed E-state index contributed by atoms with van der Waals surface area (Å²) in [7, 11) is 3.06. The molecule has 0 atom stereocenters. The molecule has 56 valence electrons. The van der Waals surface area contributed by atoms with Crippen LogP contribution < -0.4 is 0 Å². The van der Waals surface area contributed by atoms with Crippen LogP contribution in [0, 0.1) is 0 Å². The van der Waals surface area contributed by atoms with Crippen LogP contribution in [0.15, 0.2) is 0 Å². The molecule has 0 aliphatic carbocycles. The van der Waals surface area contributed by atoms with E-state index >= 15 is 0 Å². The number of ether oxygens (including phenoxy) is 2. The molecule has 0 amide bonds.